The van der Waals surface area contributed by atoms with Gasteiger partial charge in [-0.2, -0.15) is 0 Å². The van der Waals surface area contributed by atoms with Crippen molar-refractivity contribution in [3.8, 4) is 0 Å². The predicted molar refractivity (Wildman–Crippen MR) is 42.5 cm³/mol. The van der Waals surface area contributed by atoms with Crippen LogP contribution >= 0.6 is 11.6 Å². The first-order valence-electron chi connectivity index (χ1n) is 2.86. The van der Waals surface area contributed by atoms with E-state index in [9.17, 15) is 4.79 Å². The van der Waals surface area contributed by atoms with E-state index < -0.39 is 6.03 Å². The SMILES string of the molecule is NC(=O)Nc1ccnc(Cl)c1. The fourth-order valence-electron chi connectivity index (χ4n) is 0.622. The van der Waals surface area contributed by atoms with E-state index in [2.05, 4.69) is 10.3 Å². The summed E-state index contributed by atoms with van der Waals surface area (Å²) in [6, 6.07) is 2.48. The van der Waals surface area contributed by atoms with E-state index in [1.165, 1.54) is 12.3 Å². The number of anilines is 1. The van der Waals surface area contributed by atoms with Crippen LogP contribution in [0.25, 0.3) is 0 Å². The van der Waals surface area contributed by atoms with Gasteiger partial charge in [0.2, 0.25) is 0 Å². The summed E-state index contributed by atoms with van der Waals surface area (Å²) in [5.74, 6) is 0. The average Bonchev–Trinajstić information content (AvgIpc) is 1.85. The summed E-state index contributed by atoms with van der Waals surface area (Å²) in [4.78, 5) is 14.0. The number of nitrogens with one attached hydrogen (secondary N) is 1. The molecule has 0 bridgehead atoms. The smallest absolute Gasteiger partial charge is 0.316 e. The van der Waals surface area contributed by atoms with Gasteiger partial charge in [-0.15, -0.1) is 0 Å². The van der Waals surface area contributed by atoms with Gasteiger partial charge in [0.1, 0.15) is 5.15 Å². The van der Waals surface area contributed by atoms with E-state index in [0.29, 0.717) is 10.8 Å². The van der Waals surface area contributed by atoms with Crippen LogP contribution in [-0.2, 0) is 0 Å². The number of pyridine rings is 1. The van der Waals surface area contributed by atoms with Crippen LogP contribution in [0.15, 0.2) is 18.3 Å². The largest absolute Gasteiger partial charge is 0.351 e. The molecule has 3 N–H and O–H groups in total. The van der Waals surface area contributed by atoms with Gasteiger partial charge in [0.05, 0.1) is 0 Å². The fourth-order valence-corrected chi connectivity index (χ4v) is 0.796. The van der Waals surface area contributed by atoms with E-state index in [1.807, 2.05) is 0 Å². The van der Waals surface area contributed by atoms with Gasteiger partial charge in [-0.1, -0.05) is 11.6 Å². The second kappa shape index (κ2) is 3.21. The standard InChI is InChI=1S/C6H6ClN3O/c7-5-3-4(1-2-9-5)10-6(8)11/h1-3H,(H3,8,9,10,11). The normalized spacial score (nSPS) is 9.18. The molecule has 1 aromatic heterocycles. The number of nitrogens with zero attached hydrogens (tertiary/aromatic N) is 1. The van der Waals surface area contributed by atoms with Crippen molar-refractivity contribution in [2.45, 2.75) is 0 Å². The van der Waals surface area contributed by atoms with Gasteiger partial charge in [0.25, 0.3) is 0 Å². The summed E-state index contributed by atoms with van der Waals surface area (Å²) in [5.41, 5.74) is 5.40. The van der Waals surface area contributed by atoms with Crippen LogP contribution in [-0.4, -0.2) is 11.0 Å². The molecule has 0 unspecified atom stereocenters. The van der Waals surface area contributed by atoms with Crippen molar-refractivity contribution in [3.63, 3.8) is 0 Å². The zero-order chi connectivity index (χ0) is 8.27. The van der Waals surface area contributed by atoms with Crippen LogP contribution in [0.1, 0.15) is 0 Å². The number of carbonyl (C=O) groups excluding carboxylic acids is 1. The molecule has 1 heterocycles. The minimum atomic E-state index is -0.618. The zero-order valence-electron chi connectivity index (χ0n) is 5.54. The van der Waals surface area contributed by atoms with Gasteiger partial charge < -0.3 is 11.1 Å². The molecule has 0 aliphatic heterocycles. The summed E-state index contributed by atoms with van der Waals surface area (Å²) in [5, 5.41) is 2.68. The van der Waals surface area contributed by atoms with Gasteiger partial charge >= 0.3 is 6.03 Å². The molecule has 0 spiro atoms. The number of amides is 2. The molecule has 0 atom stereocenters. The molecule has 0 fully saturated rings. The summed E-state index contributed by atoms with van der Waals surface area (Å²) in [6.45, 7) is 0. The van der Waals surface area contributed by atoms with E-state index in [1.54, 1.807) is 6.07 Å². The second-order valence-electron chi connectivity index (χ2n) is 1.86. The Morgan fingerprint density at radius 1 is 1.73 bits per heavy atom. The molecule has 58 valence electrons. The minimum absolute atomic E-state index is 0.316. The molecule has 1 rings (SSSR count). The average molecular weight is 172 g/mol. The van der Waals surface area contributed by atoms with Crippen molar-refractivity contribution in [2.75, 3.05) is 5.32 Å². The minimum Gasteiger partial charge on any atom is -0.351 e. The Bertz CT molecular complexity index is 276. The molecule has 0 saturated carbocycles. The van der Waals surface area contributed by atoms with E-state index >= 15 is 0 Å². The summed E-state index contributed by atoms with van der Waals surface area (Å²) < 4.78 is 0. The molecular weight excluding hydrogens is 166 g/mol. The van der Waals surface area contributed by atoms with Gasteiger partial charge in [0.15, 0.2) is 0 Å². The van der Waals surface area contributed by atoms with Gasteiger partial charge in [-0.3, -0.25) is 0 Å². The molecule has 5 heteroatoms. The molecule has 0 saturated heterocycles. The number of halogens is 1. The lowest BCUT2D eigenvalue weighted by Gasteiger charge is -1.99. The second-order valence-corrected chi connectivity index (χ2v) is 2.24. The third-order valence-corrected chi connectivity index (χ3v) is 1.20. The van der Waals surface area contributed by atoms with Crippen molar-refractivity contribution < 1.29 is 4.79 Å². The van der Waals surface area contributed by atoms with E-state index in [4.69, 9.17) is 17.3 Å². The number of hydrogen-bond donors (Lipinski definition) is 2. The number of urea groups is 1. The lowest BCUT2D eigenvalue weighted by molar-refractivity contribution is 0.259. The lowest BCUT2D eigenvalue weighted by Crippen LogP contribution is -2.19. The molecule has 11 heavy (non-hydrogen) atoms. The van der Waals surface area contributed by atoms with Crippen molar-refractivity contribution in [1.82, 2.24) is 4.98 Å². The molecule has 4 nitrogen and oxygen atoms in total. The quantitative estimate of drug-likeness (QED) is 0.624. The van der Waals surface area contributed by atoms with Crippen molar-refractivity contribution >= 4 is 23.3 Å². The van der Waals surface area contributed by atoms with Crippen LogP contribution in [0.2, 0.25) is 5.15 Å². The first-order chi connectivity index (χ1) is 5.18. The van der Waals surface area contributed by atoms with Crippen LogP contribution in [0, 0.1) is 0 Å². The van der Waals surface area contributed by atoms with Crippen molar-refractivity contribution in [3.05, 3.63) is 23.5 Å². The van der Waals surface area contributed by atoms with Crippen LogP contribution in [0.3, 0.4) is 0 Å². The molecule has 0 aromatic carbocycles. The molecule has 0 aliphatic carbocycles. The summed E-state index contributed by atoms with van der Waals surface area (Å²) in [7, 11) is 0. The third kappa shape index (κ3) is 2.43. The molecule has 0 radical (unpaired) electrons. The van der Waals surface area contributed by atoms with Crippen LogP contribution < -0.4 is 11.1 Å². The number of primary amides is 1. The number of carbonyl (C=O) groups is 1. The highest BCUT2D eigenvalue weighted by Gasteiger charge is 1.95. The molecule has 0 aliphatic rings. The summed E-state index contributed by atoms with van der Waals surface area (Å²) in [6.07, 6.45) is 1.48. The monoisotopic (exact) mass is 171 g/mol. The highest BCUT2D eigenvalue weighted by Crippen LogP contribution is 2.10. The first kappa shape index (κ1) is 7.81. The molecular formula is C6H6ClN3O. The first-order valence-corrected chi connectivity index (χ1v) is 3.24. The van der Waals surface area contributed by atoms with Crippen molar-refractivity contribution in [2.24, 2.45) is 5.73 Å². The van der Waals surface area contributed by atoms with Gasteiger partial charge in [-0.05, 0) is 12.1 Å². The van der Waals surface area contributed by atoms with Crippen molar-refractivity contribution in [1.29, 1.82) is 0 Å². The highest BCUT2D eigenvalue weighted by molar-refractivity contribution is 6.29. The number of aromatic nitrogens is 1. The maximum absolute atomic E-state index is 10.3. The fraction of sp³-hybridized carbons (Fsp3) is 0. The Kier molecular flexibility index (Phi) is 2.28. The Hall–Kier alpha value is -1.29. The van der Waals surface area contributed by atoms with Crippen LogP contribution in [0.5, 0.6) is 0 Å². The highest BCUT2D eigenvalue weighted by atomic mass is 35.5. The lowest BCUT2D eigenvalue weighted by atomic mass is 10.4. The third-order valence-electron chi connectivity index (χ3n) is 0.994. The van der Waals surface area contributed by atoms with E-state index in [-0.39, 0.29) is 0 Å². The van der Waals surface area contributed by atoms with Gasteiger partial charge in [-0.25, -0.2) is 9.78 Å². The summed E-state index contributed by atoms with van der Waals surface area (Å²) >= 11 is 5.53. The maximum Gasteiger partial charge on any atom is 0.316 e. The maximum atomic E-state index is 10.3. The molecule has 2 amide bonds. The Balaban J connectivity index is 2.79. The Morgan fingerprint density at radius 3 is 3.00 bits per heavy atom. The number of nitrogens with two attached hydrogens (primary N) is 1. The number of hydrogen-bond acceptors (Lipinski definition) is 2. The number of rotatable bonds is 1. The van der Waals surface area contributed by atoms with E-state index in [0.717, 1.165) is 0 Å². The van der Waals surface area contributed by atoms with Crippen LogP contribution in [0.4, 0.5) is 10.5 Å². The predicted octanol–water partition coefficient (Wildman–Crippen LogP) is 1.23. The zero-order valence-corrected chi connectivity index (χ0v) is 6.30. The van der Waals surface area contributed by atoms with Gasteiger partial charge in [0, 0.05) is 11.9 Å². The topological polar surface area (TPSA) is 68.0 Å². The Morgan fingerprint density at radius 2 is 2.45 bits per heavy atom. The molecule has 1 aromatic rings. The Labute approximate surface area is 68.4 Å².